The molecule has 0 atom stereocenters. The van der Waals surface area contributed by atoms with Gasteiger partial charge in [0.05, 0.1) is 0 Å². The predicted octanol–water partition coefficient (Wildman–Crippen LogP) is 4.66. The monoisotopic (exact) mass is 333 g/mol. The molecule has 2 aromatic carbocycles. The number of carbonyl (C=O) groups is 2. The van der Waals surface area contributed by atoms with Crippen LogP contribution >= 0.6 is 23.4 Å². The second-order valence-corrected chi connectivity index (χ2v) is 6.34. The van der Waals surface area contributed by atoms with Crippen LogP contribution in [0.1, 0.15) is 23.7 Å². The van der Waals surface area contributed by atoms with Crippen LogP contribution in [-0.2, 0) is 4.79 Å². The minimum atomic E-state index is -0.0444. The minimum Gasteiger partial charge on any atom is -0.326 e. The van der Waals surface area contributed by atoms with Crippen molar-refractivity contribution in [1.82, 2.24) is 0 Å². The highest BCUT2D eigenvalue weighted by molar-refractivity contribution is 7.99. The number of hydrogen-bond donors (Lipinski definition) is 1. The first-order valence-electron chi connectivity index (χ1n) is 6.84. The molecule has 1 amide bonds. The molecular weight excluding hydrogens is 318 g/mol. The summed E-state index contributed by atoms with van der Waals surface area (Å²) < 4.78 is 0. The Balaban J connectivity index is 1.77. The zero-order valence-electron chi connectivity index (χ0n) is 12.1. The average molecular weight is 334 g/mol. The van der Waals surface area contributed by atoms with Crippen molar-refractivity contribution in [3.8, 4) is 0 Å². The number of amides is 1. The summed E-state index contributed by atoms with van der Waals surface area (Å²) in [5, 5.41) is 3.52. The van der Waals surface area contributed by atoms with Gasteiger partial charge in [-0.15, -0.1) is 11.8 Å². The Kier molecular flexibility index (Phi) is 6.04. The van der Waals surface area contributed by atoms with E-state index in [1.54, 1.807) is 36.0 Å². The fourth-order valence-electron chi connectivity index (χ4n) is 1.80. The number of nitrogens with one attached hydrogen (secondary N) is 1. The summed E-state index contributed by atoms with van der Waals surface area (Å²) >= 11 is 7.43. The van der Waals surface area contributed by atoms with Gasteiger partial charge in [0.15, 0.2) is 5.78 Å². The molecule has 0 saturated heterocycles. The van der Waals surface area contributed by atoms with Crippen molar-refractivity contribution in [2.45, 2.75) is 18.2 Å². The number of thioether (sulfide) groups is 1. The molecule has 0 heterocycles. The predicted molar refractivity (Wildman–Crippen MR) is 91.9 cm³/mol. The number of hydrogen-bond acceptors (Lipinski definition) is 3. The minimum absolute atomic E-state index is 0.0113. The van der Waals surface area contributed by atoms with E-state index in [1.807, 2.05) is 24.3 Å². The summed E-state index contributed by atoms with van der Waals surface area (Å²) in [6.45, 7) is 1.52. The second-order valence-electron chi connectivity index (χ2n) is 4.73. The quantitative estimate of drug-likeness (QED) is 0.617. The first kappa shape index (κ1) is 16.6. The van der Waals surface area contributed by atoms with Crippen LogP contribution in [0.25, 0.3) is 0 Å². The van der Waals surface area contributed by atoms with Crippen molar-refractivity contribution < 1.29 is 9.59 Å². The lowest BCUT2D eigenvalue weighted by Crippen LogP contribution is -2.12. The first-order chi connectivity index (χ1) is 10.5. The summed E-state index contributed by atoms with van der Waals surface area (Å²) in [7, 11) is 0. The van der Waals surface area contributed by atoms with E-state index < -0.39 is 0 Å². The summed E-state index contributed by atoms with van der Waals surface area (Å²) in [6.07, 6.45) is 0.418. The van der Waals surface area contributed by atoms with Gasteiger partial charge in [0.25, 0.3) is 0 Å². The third-order valence-corrected chi connectivity index (χ3v) is 4.25. The van der Waals surface area contributed by atoms with Crippen molar-refractivity contribution >= 4 is 40.7 Å². The third-order valence-electron chi connectivity index (χ3n) is 2.99. The van der Waals surface area contributed by atoms with Crippen LogP contribution in [-0.4, -0.2) is 17.4 Å². The molecule has 2 rings (SSSR count). The van der Waals surface area contributed by atoms with Crippen LogP contribution in [0.4, 0.5) is 5.69 Å². The van der Waals surface area contributed by atoms with E-state index in [4.69, 9.17) is 11.6 Å². The molecule has 0 radical (unpaired) electrons. The largest absolute Gasteiger partial charge is 0.326 e. The smallest absolute Gasteiger partial charge is 0.225 e. The zero-order chi connectivity index (χ0) is 15.9. The van der Waals surface area contributed by atoms with Gasteiger partial charge in [-0.3, -0.25) is 9.59 Å². The molecule has 0 unspecified atom stereocenters. The molecule has 0 bridgehead atoms. The lowest BCUT2D eigenvalue weighted by molar-refractivity contribution is -0.115. The Morgan fingerprint density at radius 3 is 2.27 bits per heavy atom. The number of benzene rings is 2. The summed E-state index contributed by atoms with van der Waals surface area (Å²) in [5.74, 6) is 0.660. The van der Waals surface area contributed by atoms with Crippen LogP contribution in [0.3, 0.4) is 0 Å². The van der Waals surface area contributed by atoms with E-state index in [0.717, 1.165) is 4.90 Å². The number of Topliss-reactive ketones (excluding diaryl/α,β-unsaturated/α-hetero) is 1. The third kappa shape index (κ3) is 5.20. The maximum atomic E-state index is 11.9. The molecule has 0 aromatic heterocycles. The maximum absolute atomic E-state index is 11.9. The standard InChI is InChI=1S/C17H16ClNO2S/c1-12(20)13-2-6-15(7-3-13)19-17(21)10-11-22-16-8-4-14(18)5-9-16/h2-9H,10-11H2,1H3,(H,19,21). The fourth-order valence-corrected chi connectivity index (χ4v) is 2.78. The molecule has 0 saturated carbocycles. The molecule has 114 valence electrons. The molecular formula is C17H16ClNO2S. The molecule has 2 aromatic rings. The highest BCUT2D eigenvalue weighted by Crippen LogP contribution is 2.21. The van der Waals surface area contributed by atoms with Crippen LogP contribution in [0.2, 0.25) is 5.02 Å². The van der Waals surface area contributed by atoms with Gasteiger partial charge in [-0.2, -0.15) is 0 Å². The lowest BCUT2D eigenvalue weighted by atomic mass is 10.1. The molecule has 3 nitrogen and oxygen atoms in total. The number of carbonyl (C=O) groups excluding carboxylic acids is 2. The summed E-state index contributed by atoms with van der Waals surface area (Å²) in [6, 6.07) is 14.4. The Morgan fingerprint density at radius 2 is 1.68 bits per heavy atom. The van der Waals surface area contributed by atoms with Gasteiger partial charge in [-0.1, -0.05) is 11.6 Å². The van der Waals surface area contributed by atoms with E-state index in [1.165, 1.54) is 6.92 Å². The first-order valence-corrected chi connectivity index (χ1v) is 8.20. The van der Waals surface area contributed by atoms with Crippen molar-refractivity contribution in [3.63, 3.8) is 0 Å². The van der Waals surface area contributed by atoms with Crippen molar-refractivity contribution in [2.75, 3.05) is 11.1 Å². The molecule has 0 fully saturated rings. The van der Waals surface area contributed by atoms with Gasteiger partial charge in [-0.05, 0) is 55.5 Å². The molecule has 5 heteroatoms. The highest BCUT2D eigenvalue weighted by atomic mass is 35.5. The Bertz CT molecular complexity index is 653. The number of rotatable bonds is 6. The molecule has 1 N–H and O–H groups in total. The van der Waals surface area contributed by atoms with E-state index >= 15 is 0 Å². The molecule has 0 aliphatic heterocycles. The fraction of sp³-hybridized carbons (Fsp3) is 0.176. The second kappa shape index (κ2) is 8.01. The Labute approximate surface area is 139 Å². The highest BCUT2D eigenvalue weighted by Gasteiger charge is 2.04. The van der Waals surface area contributed by atoms with Crippen LogP contribution in [0.15, 0.2) is 53.4 Å². The van der Waals surface area contributed by atoms with Gasteiger partial charge in [0.1, 0.15) is 0 Å². The Hall–Kier alpha value is -1.78. The van der Waals surface area contributed by atoms with Crippen LogP contribution < -0.4 is 5.32 Å². The maximum Gasteiger partial charge on any atom is 0.225 e. The lowest BCUT2D eigenvalue weighted by Gasteiger charge is -2.06. The average Bonchev–Trinajstić information content (AvgIpc) is 2.50. The normalized spacial score (nSPS) is 10.3. The van der Waals surface area contributed by atoms with Gasteiger partial charge in [-0.25, -0.2) is 0 Å². The van der Waals surface area contributed by atoms with Crippen LogP contribution in [0.5, 0.6) is 0 Å². The molecule has 0 spiro atoms. The summed E-state index contributed by atoms with van der Waals surface area (Å²) in [4.78, 5) is 24.1. The Morgan fingerprint density at radius 1 is 1.05 bits per heavy atom. The van der Waals surface area contributed by atoms with Gasteiger partial charge in [0.2, 0.25) is 5.91 Å². The van der Waals surface area contributed by atoms with Crippen LogP contribution in [0, 0.1) is 0 Å². The molecule has 22 heavy (non-hydrogen) atoms. The van der Waals surface area contributed by atoms with E-state index in [9.17, 15) is 9.59 Å². The van der Waals surface area contributed by atoms with E-state index in [-0.39, 0.29) is 11.7 Å². The van der Waals surface area contributed by atoms with Gasteiger partial charge in [0, 0.05) is 33.3 Å². The summed E-state index contributed by atoms with van der Waals surface area (Å²) in [5.41, 5.74) is 1.34. The topological polar surface area (TPSA) is 46.2 Å². The SMILES string of the molecule is CC(=O)c1ccc(NC(=O)CCSc2ccc(Cl)cc2)cc1. The molecule has 0 aliphatic rings. The number of halogens is 1. The van der Waals surface area contributed by atoms with Gasteiger partial charge < -0.3 is 5.32 Å². The van der Waals surface area contributed by atoms with Crippen molar-refractivity contribution in [1.29, 1.82) is 0 Å². The van der Waals surface area contributed by atoms with Crippen molar-refractivity contribution in [3.05, 3.63) is 59.1 Å². The number of ketones is 1. The number of anilines is 1. The zero-order valence-corrected chi connectivity index (χ0v) is 13.7. The molecule has 0 aliphatic carbocycles. The van der Waals surface area contributed by atoms with Crippen molar-refractivity contribution in [2.24, 2.45) is 0 Å². The van der Waals surface area contributed by atoms with E-state index in [0.29, 0.717) is 28.4 Å². The van der Waals surface area contributed by atoms with Gasteiger partial charge >= 0.3 is 0 Å². The van der Waals surface area contributed by atoms with E-state index in [2.05, 4.69) is 5.32 Å².